The molecular formula is C11H12BFO3. The van der Waals surface area contributed by atoms with Crippen molar-refractivity contribution < 1.29 is 18.7 Å². The summed E-state index contributed by atoms with van der Waals surface area (Å²) in [6.07, 6.45) is 2.49. The molecule has 0 aromatic heterocycles. The maximum atomic E-state index is 13.7. The van der Waals surface area contributed by atoms with E-state index in [-0.39, 0.29) is 5.56 Å². The summed E-state index contributed by atoms with van der Waals surface area (Å²) in [5.41, 5.74) is 0.734. The molecule has 0 atom stereocenters. The molecule has 0 N–H and O–H groups in total. The molecule has 0 aliphatic carbocycles. The van der Waals surface area contributed by atoms with Gasteiger partial charge in [-0.2, -0.15) is 0 Å². The van der Waals surface area contributed by atoms with Crippen molar-refractivity contribution >= 4 is 25.4 Å². The maximum absolute atomic E-state index is 13.7. The van der Waals surface area contributed by atoms with Gasteiger partial charge in [-0.05, 0) is 12.1 Å². The van der Waals surface area contributed by atoms with Gasteiger partial charge in [-0.1, -0.05) is 11.5 Å². The number of esters is 1. The van der Waals surface area contributed by atoms with Crippen LogP contribution in [0.5, 0.6) is 5.75 Å². The highest BCUT2D eigenvalue weighted by molar-refractivity contribution is 6.32. The van der Waals surface area contributed by atoms with Crippen LogP contribution < -0.4 is 10.2 Å². The van der Waals surface area contributed by atoms with Gasteiger partial charge in [0.1, 0.15) is 19.4 Å². The van der Waals surface area contributed by atoms with Crippen LogP contribution in [-0.4, -0.2) is 28.0 Å². The van der Waals surface area contributed by atoms with Crippen molar-refractivity contribution in [1.29, 1.82) is 0 Å². The number of rotatable bonds is 3. The molecule has 0 unspecified atom stereocenters. The quantitative estimate of drug-likeness (QED) is 0.418. The average Bonchev–Trinajstić information content (AvgIpc) is 2.30. The van der Waals surface area contributed by atoms with Gasteiger partial charge in [0, 0.05) is 6.08 Å². The second-order valence-corrected chi connectivity index (χ2v) is 3.17. The highest BCUT2D eigenvalue weighted by Gasteiger charge is 2.09. The van der Waals surface area contributed by atoms with E-state index in [4.69, 9.17) is 4.74 Å². The Kier molecular flexibility index (Phi) is 4.11. The molecule has 1 aromatic carbocycles. The molecule has 0 aliphatic rings. The highest BCUT2D eigenvalue weighted by Crippen LogP contribution is 2.21. The first-order chi connectivity index (χ1) is 7.60. The zero-order valence-corrected chi connectivity index (χ0v) is 9.41. The van der Waals surface area contributed by atoms with Gasteiger partial charge in [0.25, 0.3) is 0 Å². The number of ether oxygens (including phenoxy) is 2. The summed E-state index contributed by atoms with van der Waals surface area (Å²) in [6.45, 7) is 0. The van der Waals surface area contributed by atoms with E-state index in [1.54, 1.807) is 20.0 Å². The van der Waals surface area contributed by atoms with Crippen molar-refractivity contribution in [2.45, 2.75) is 0 Å². The van der Waals surface area contributed by atoms with E-state index < -0.39 is 11.8 Å². The molecule has 0 saturated carbocycles. The molecule has 0 saturated heterocycles. The Morgan fingerprint density at radius 3 is 2.69 bits per heavy atom. The molecule has 0 spiro atoms. The maximum Gasteiger partial charge on any atom is 0.330 e. The summed E-state index contributed by atoms with van der Waals surface area (Å²) in [4.78, 5) is 10.9. The van der Waals surface area contributed by atoms with Crippen LogP contribution in [0, 0.1) is 5.82 Å². The number of halogens is 1. The van der Waals surface area contributed by atoms with Crippen molar-refractivity contribution in [2.75, 3.05) is 14.2 Å². The third-order valence-corrected chi connectivity index (χ3v) is 2.14. The molecule has 0 bridgehead atoms. The smallest absolute Gasteiger partial charge is 0.330 e. The number of methoxy groups -OCH3 is 2. The van der Waals surface area contributed by atoms with E-state index in [0.29, 0.717) is 11.2 Å². The largest absolute Gasteiger partial charge is 0.496 e. The van der Waals surface area contributed by atoms with E-state index in [1.807, 2.05) is 0 Å². The second kappa shape index (κ2) is 5.35. The first-order valence-electron chi connectivity index (χ1n) is 4.69. The van der Waals surface area contributed by atoms with E-state index in [1.165, 1.54) is 20.3 Å². The van der Waals surface area contributed by atoms with Crippen LogP contribution in [0.3, 0.4) is 0 Å². The number of hydrogen-bond acceptors (Lipinski definition) is 3. The van der Waals surface area contributed by atoms with Crippen molar-refractivity contribution in [3.8, 4) is 5.75 Å². The number of hydrogen-bond donors (Lipinski definition) is 0. The van der Waals surface area contributed by atoms with E-state index in [0.717, 1.165) is 6.08 Å². The summed E-state index contributed by atoms with van der Waals surface area (Å²) >= 11 is 0. The molecule has 0 fully saturated rings. The molecule has 1 aromatic rings. The van der Waals surface area contributed by atoms with Gasteiger partial charge in [-0.15, -0.1) is 0 Å². The van der Waals surface area contributed by atoms with Gasteiger partial charge in [0.15, 0.2) is 0 Å². The van der Waals surface area contributed by atoms with E-state index >= 15 is 0 Å². The van der Waals surface area contributed by atoms with Crippen molar-refractivity contribution in [1.82, 2.24) is 0 Å². The SMILES string of the molecule is Bc1ccc(OC)c(/C=C/C(=O)OC)c1F. The monoisotopic (exact) mass is 222 g/mol. The molecule has 0 radical (unpaired) electrons. The fourth-order valence-electron chi connectivity index (χ4n) is 1.24. The summed E-state index contributed by atoms with van der Waals surface area (Å²) < 4.78 is 23.2. The molecule has 0 amide bonds. The van der Waals surface area contributed by atoms with E-state index in [2.05, 4.69) is 4.74 Å². The molecule has 3 nitrogen and oxygen atoms in total. The molecule has 16 heavy (non-hydrogen) atoms. The molecule has 0 heterocycles. The first-order valence-corrected chi connectivity index (χ1v) is 4.69. The fourth-order valence-corrected chi connectivity index (χ4v) is 1.24. The van der Waals surface area contributed by atoms with Crippen molar-refractivity contribution in [3.63, 3.8) is 0 Å². The predicted molar refractivity (Wildman–Crippen MR) is 62.2 cm³/mol. The minimum absolute atomic E-state index is 0.243. The lowest BCUT2D eigenvalue weighted by molar-refractivity contribution is -0.134. The average molecular weight is 222 g/mol. The number of carbonyl (C=O) groups excluding carboxylic acids is 1. The van der Waals surface area contributed by atoms with Gasteiger partial charge < -0.3 is 9.47 Å². The third kappa shape index (κ3) is 2.62. The van der Waals surface area contributed by atoms with Gasteiger partial charge in [0.2, 0.25) is 0 Å². The molecule has 5 heteroatoms. The Morgan fingerprint density at radius 2 is 2.12 bits per heavy atom. The van der Waals surface area contributed by atoms with Crippen LogP contribution in [0.25, 0.3) is 6.08 Å². The fraction of sp³-hybridized carbons (Fsp3) is 0.182. The highest BCUT2D eigenvalue weighted by atomic mass is 19.1. The Hall–Kier alpha value is -1.78. The molecule has 0 aliphatic heterocycles. The zero-order chi connectivity index (χ0) is 12.1. The van der Waals surface area contributed by atoms with Crippen LogP contribution >= 0.6 is 0 Å². The standard InChI is InChI=1S/C11H12BFO3/c1-15-9-5-4-8(12)11(13)7(9)3-6-10(14)16-2/h3-6H,12H2,1-2H3/b6-3+. The van der Waals surface area contributed by atoms with Crippen molar-refractivity contribution in [3.05, 3.63) is 29.6 Å². The minimum atomic E-state index is -0.539. The summed E-state index contributed by atoms with van der Waals surface area (Å²) in [6, 6.07) is 3.26. The van der Waals surface area contributed by atoms with Gasteiger partial charge in [0.05, 0.1) is 19.8 Å². The normalized spacial score (nSPS) is 10.4. The zero-order valence-electron chi connectivity index (χ0n) is 9.41. The van der Waals surface area contributed by atoms with Gasteiger partial charge in [-0.3, -0.25) is 0 Å². The molecule has 84 valence electrons. The minimum Gasteiger partial charge on any atom is -0.496 e. The summed E-state index contributed by atoms with van der Waals surface area (Å²) in [5, 5.41) is 0. The Balaban J connectivity index is 3.15. The van der Waals surface area contributed by atoms with E-state index in [9.17, 15) is 9.18 Å². The Labute approximate surface area is 94.3 Å². The van der Waals surface area contributed by atoms with Crippen LogP contribution in [0.2, 0.25) is 0 Å². The van der Waals surface area contributed by atoms with Crippen molar-refractivity contribution in [2.24, 2.45) is 0 Å². The lowest BCUT2D eigenvalue weighted by atomic mass is 9.93. The van der Waals surface area contributed by atoms with Gasteiger partial charge in [-0.25, -0.2) is 9.18 Å². The summed E-state index contributed by atoms with van der Waals surface area (Å²) in [5.74, 6) is -0.564. The second-order valence-electron chi connectivity index (χ2n) is 3.17. The predicted octanol–water partition coefficient (Wildman–Crippen LogP) is 0.279. The number of benzene rings is 1. The Bertz CT molecular complexity index is 429. The first kappa shape index (κ1) is 12.3. The van der Waals surface area contributed by atoms with Gasteiger partial charge >= 0.3 is 5.97 Å². The molecular weight excluding hydrogens is 210 g/mol. The third-order valence-electron chi connectivity index (χ3n) is 2.14. The molecule has 1 rings (SSSR count). The topological polar surface area (TPSA) is 35.5 Å². The summed E-state index contributed by atoms with van der Waals surface area (Å²) in [7, 11) is 4.35. The lowest BCUT2D eigenvalue weighted by Gasteiger charge is -2.07. The Morgan fingerprint density at radius 1 is 1.44 bits per heavy atom. The van der Waals surface area contributed by atoms with Crippen LogP contribution in [0.1, 0.15) is 5.56 Å². The van der Waals surface area contributed by atoms with Crippen LogP contribution in [0.15, 0.2) is 18.2 Å². The number of carbonyl (C=O) groups is 1. The van der Waals surface area contributed by atoms with Crippen LogP contribution in [0.4, 0.5) is 4.39 Å². The van der Waals surface area contributed by atoms with Crippen LogP contribution in [-0.2, 0) is 9.53 Å². The lowest BCUT2D eigenvalue weighted by Crippen LogP contribution is -2.10.